The highest BCUT2D eigenvalue weighted by Crippen LogP contribution is 2.37. The number of hydrogen-bond donors (Lipinski definition) is 0. The van der Waals surface area contributed by atoms with Crippen molar-refractivity contribution in [2.75, 3.05) is 0 Å². The van der Waals surface area contributed by atoms with Crippen molar-refractivity contribution in [1.29, 1.82) is 0 Å². The van der Waals surface area contributed by atoms with Crippen molar-refractivity contribution in [3.8, 4) is 0 Å². The Morgan fingerprint density at radius 1 is 1.38 bits per heavy atom. The number of allylic oxidation sites excluding steroid dienone is 1. The van der Waals surface area contributed by atoms with E-state index in [1.165, 1.54) is 11.1 Å². The third-order valence-electron chi connectivity index (χ3n) is 3.72. The minimum absolute atomic E-state index is 0.0381. The number of hydrogen-bond acceptors (Lipinski definition) is 1. The molecular weight excluding hydrogens is 196 g/mol. The summed E-state index contributed by atoms with van der Waals surface area (Å²) in [4.78, 5) is 11.3. The van der Waals surface area contributed by atoms with Gasteiger partial charge in [-0.25, -0.2) is 0 Å². The van der Waals surface area contributed by atoms with Crippen LogP contribution in [0.25, 0.3) is 6.08 Å². The van der Waals surface area contributed by atoms with Crippen LogP contribution < -0.4 is 0 Å². The number of carbonyl (C=O) groups excluding carboxylic acids is 1. The Morgan fingerprint density at radius 2 is 2.12 bits per heavy atom. The molecule has 3 atom stereocenters. The van der Waals surface area contributed by atoms with Gasteiger partial charge in [0.25, 0.3) is 0 Å². The van der Waals surface area contributed by atoms with Crippen LogP contribution in [0.15, 0.2) is 30.3 Å². The molecule has 0 heterocycles. The monoisotopic (exact) mass is 214 g/mol. The van der Waals surface area contributed by atoms with E-state index in [-0.39, 0.29) is 5.92 Å². The van der Waals surface area contributed by atoms with Gasteiger partial charge in [0.05, 0.1) is 0 Å². The van der Waals surface area contributed by atoms with E-state index in [9.17, 15) is 4.79 Å². The summed E-state index contributed by atoms with van der Waals surface area (Å²) in [7, 11) is 0. The molecule has 0 bridgehead atoms. The molecule has 1 aromatic carbocycles. The van der Waals surface area contributed by atoms with E-state index in [4.69, 9.17) is 0 Å². The highest BCUT2D eigenvalue weighted by atomic mass is 16.1. The second kappa shape index (κ2) is 4.65. The number of carbonyl (C=O) groups is 1. The predicted octanol–water partition coefficient (Wildman–Crippen LogP) is 3.66. The zero-order valence-corrected chi connectivity index (χ0v) is 9.89. The Hall–Kier alpha value is -1.37. The molecule has 1 aliphatic rings. The molecule has 0 spiro atoms. The first kappa shape index (κ1) is 11.1. The summed E-state index contributed by atoms with van der Waals surface area (Å²) in [5, 5.41) is 0. The first-order valence-corrected chi connectivity index (χ1v) is 6.00. The summed E-state index contributed by atoms with van der Waals surface area (Å²) in [6, 6.07) is 8.19. The minimum Gasteiger partial charge on any atom is -0.303 e. The average molecular weight is 214 g/mol. The van der Waals surface area contributed by atoms with Gasteiger partial charge in [-0.05, 0) is 23.0 Å². The second-order valence-electron chi connectivity index (χ2n) is 4.61. The molecule has 0 saturated heterocycles. The van der Waals surface area contributed by atoms with Crippen molar-refractivity contribution in [3.05, 3.63) is 41.5 Å². The van der Waals surface area contributed by atoms with Crippen LogP contribution in [0.5, 0.6) is 0 Å². The Kier molecular flexibility index (Phi) is 3.23. The zero-order valence-electron chi connectivity index (χ0n) is 9.89. The molecule has 84 valence electrons. The van der Waals surface area contributed by atoms with Crippen LogP contribution in [-0.2, 0) is 4.79 Å². The van der Waals surface area contributed by atoms with E-state index < -0.39 is 0 Å². The van der Waals surface area contributed by atoms with Gasteiger partial charge >= 0.3 is 0 Å². The summed E-state index contributed by atoms with van der Waals surface area (Å²) in [5.74, 6) is 0.952. The Bertz CT molecular complexity index is 406. The highest BCUT2D eigenvalue weighted by Gasteiger charge is 2.28. The summed E-state index contributed by atoms with van der Waals surface area (Å²) >= 11 is 0. The molecule has 16 heavy (non-hydrogen) atoms. The normalized spacial score (nSPS) is 24.9. The van der Waals surface area contributed by atoms with Crippen LogP contribution >= 0.6 is 0 Å². The van der Waals surface area contributed by atoms with Crippen molar-refractivity contribution in [2.45, 2.75) is 26.2 Å². The molecule has 1 heteroatoms. The maximum absolute atomic E-state index is 11.3. The highest BCUT2D eigenvalue weighted by molar-refractivity contribution is 5.71. The topological polar surface area (TPSA) is 17.1 Å². The smallest absolute Gasteiger partial charge is 0.128 e. The van der Waals surface area contributed by atoms with Gasteiger partial charge in [0.15, 0.2) is 0 Å². The predicted molar refractivity (Wildman–Crippen MR) is 67.2 cm³/mol. The van der Waals surface area contributed by atoms with Crippen LogP contribution in [0, 0.1) is 11.8 Å². The largest absolute Gasteiger partial charge is 0.303 e. The fraction of sp³-hybridized carbons (Fsp3) is 0.400. The van der Waals surface area contributed by atoms with Gasteiger partial charge < -0.3 is 4.79 Å². The number of aldehydes is 1. The van der Waals surface area contributed by atoms with Crippen molar-refractivity contribution in [1.82, 2.24) is 0 Å². The summed E-state index contributed by atoms with van der Waals surface area (Å²) in [5.41, 5.74) is 2.38. The third-order valence-corrected chi connectivity index (χ3v) is 3.72. The van der Waals surface area contributed by atoms with Crippen LogP contribution in [0.1, 0.15) is 37.3 Å². The Morgan fingerprint density at radius 3 is 2.81 bits per heavy atom. The second-order valence-corrected chi connectivity index (χ2v) is 4.61. The molecule has 0 N–H and O–H groups in total. The van der Waals surface area contributed by atoms with Crippen LogP contribution in [0.2, 0.25) is 0 Å². The Balaban J connectivity index is 2.40. The molecule has 1 aliphatic carbocycles. The third kappa shape index (κ3) is 1.82. The maximum atomic E-state index is 11.3. The van der Waals surface area contributed by atoms with Crippen molar-refractivity contribution < 1.29 is 4.79 Å². The zero-order chi connectivity index (χ0) is 11.5. The van der Waals surface area contributed by atoms with E-state index in [2.05, 4.69) is 38.1 Å². The number of benzene rings is 1. The van der Waals surface area contributed by atoms with Crippen molar-refractivity contribution >= 4 is 12.4 Å². The lowest BCUT2D eigenvalue weighted by Gasteiger charge is -2.29. The van der Waals surface area contributed by atoms with E-state index in [1.807, 2.05) is 12.1 Å². The van der Waals surface area contributed by atoms with E-state index in [1.54, 1.807) is 0 Å². The molecule has 0 saturated carbocycles. The summed E-state index contributed by atoms with van der Waals surface area (Å²) in [6.07, 6.45) is 6.59. The van der Waals surface area contributed by atoms with Gasteiger partial charge in [0.1, 0.15) is 6.29 Å². The molecular formula is C15H18O. The first-order valence-electron chi connectivity index (χ1n) is 6.00. The molecule has 0 fully saturated rings. The van der Waals surface area contributed by atoms with E-state index in [0.717, 1.165) is 12.7 Å². The summed E-state index contributed by atoms with van der Waals surface area (Å²) < 4.78 is 0. The van der Waals surface area contributed by atoms with E-state index in [0.29, 0.717) is 11.8 Å². The molecule has 0 radical (unpaired) electrons. The van der Waals surface area contributed by atoms with Gasteiger partial charge in [0, 0.05) is 5.92 Å². The SMILES string of the molecule is CCC(C)C1C=Cc2ccccc2C1C=O. The lowest BCUT2D eigenvalue weighted by Crippen LogP contribution is -2.22. The summed E-state index contributed by atoms with van der Waals surface area (Å²) in [6.45, 7) is 4.40. The maximum Gasteiger partial charge on any atom is 0.128 e. The number of rotatable bonds is 3. The Labute approximate surface area is 97.2 Å². The lowest BCUT2D eigenvalue weighted by atomic mass is 9.74. The van der Waals surface area contributed by atoms with Gasteiger partial charge in [0.2, 0.25) is 0 Å². The molecule has 2 rings (SSSR count). The molecule has 0 aliphatic heterocycles. The van der Waals surface area contributed by atoms with Gasteiger partial charge in [-0.1, -0.05) is 56.7 Å². The average Bonchev–Trinajstić information content (AvgIpc) is 2.36. The van der Waals surface area contributed by atoms with E-state index >= 15 is 0 Å². The van der Waals surface area contributed by atoms with Crippen molar-refractivity contribution in [2.24, 2.45) is 11.8 Å². The quantitative estimate of drug-likeness (QED) is 0.702. The molecule has 0 amide bonds. The fourth-order valence-corrected chi connectivity index (χ4v) is 2.49. The lowest BCUT2D eigenvalue weighted by molar-refractivity contribution is -0.110. The molecule has 1 aromatic rings. The molecule has 0 aromatic heterocycles. The van der Waals surface area contributed by atoms with Gasteiger partial charge in [-0.3, -0.25) is 0 Å². The fourth-order valence-electron chi connectivity index (χ4n) is 2.49. The molecule has 1 nitrogen and oxygen atoms in total. The van der Waals surface area contributed by atoms with Crippen molar-refractivity contribution in [3.63, 3.8) is 0 Å². The standard InChI is InChI=1S/C15H18O/c1-3-11(2)13-9-8-12-6-4-5-7-14(12)15(13)10-16/h4-11,13,15H,3H2,1-2H3. The molecule has 3 unspecified atom stereocenters. The first-order chi connectivity index (χ1) is 7.77. The van der Waals surface area contributed by atoms with Gasteiger partial charge in [-0.15, -0.1) is 0 Å². The van der Waals surface area contributed by atoms with Crippen LogP contribution in [0.3, 0.4) is 0 Å². The van der Waals surface area contributed by atoms with Crippen LogP contribution in [0.4, 0.5) is 0 Å². The van der Waals surface area contributed by atoms with Crippen LogP contribution in [-0.4, -0.2) is 6.29 Å². The number of fused-ring (bicyclic) bond motifs is 1. The minimum atomic E-state index is 0.0381. The van der Waals surface area contributed by atoms with Gasteiger partial charge in [-0.2, -0.15) is 0 Å².